The summed E-state index contributed by atoms with van der Waals surface area (Å²) in [6.07, 6.45) is 0.804. The largest absolute Gasteiger partial charge is 0.369 e. The van der Waals surface area contributed by atoms with E-state index in [0.29, 0.717) is 12.2 Å². The molecule has 0 bridgehead atoms. The Kier molecular flexibility index (Phi) is 5.77. The van der Waals surface area contributed by atoms with Crippen molar-refractivity contribution in [2.24, 2.45) is 0 Å². The van der Waals surface area contributed by atoms with Crippen molar-refractivity contribution >= 4 is 23.2 Å². The quantitative estimate of drug-likeness (QED) is 0.811. The van der Waals surface area contributed by atoms with Gasteiger partial charge in [0.25, 0.3) is 0 Å². The standard InChI is InChI=1S/C16H24N4O2/c1-3-8-17-15(21)16(22)18-13-4-6-14(7-5-13)20-11-9-19(2)10-12-20/h4-7H,3,8-12H2,1-2H3,(H,17,21)(H,18,22). The number of piperazine rings is 1. The lowest BCUT2D eigenvalue weighted by Gasteiger charge is -2.34. The van der Waals surface area contributed by atoms with Crippen LogP contribution in [0, 0.1) is 0 Å². The molecule has 0 atom stereocenters. The third-order valence-electron chi connectivity index (χ3n) is 3.74. The zero-order valence-corrected chi connectivity index (χ0v) is 13.3. The third kappa shape index (κ3) is 4.46. The second kappa shape index (κ2) is 7.79. The van der Waals surface area contributed by atoms with Crippen LogP contribution >= 0.6 is 0 Å². The maximum absolute atomic E-state index is 11.7. The molecule has 1 aromatic carbocycles. The normalized spacial score (nSPS) is 15.5. The van der Waals surface area contributed by atoms with Crippen LogP contribution in [0.15, 0.2) is 24.3 Å². The molecule has 1 aliphatic rings. The van der Waals surface area contributed by atoms with Gasteiger partial charge in [-0.3, -0.25) is 9.59 Å². The van der Waals surface area contributed by atoms with Gasteiger partial charge in [-0.1, -0.05) is 6.92 Å². The number of hydrogen-bond acceptors (Lipinski definition) is 4. The molecule has 6 heteroatoms. The Morgan fingerprint density at radius 1 is 1.05 bits per heavy atom. The molecule has 1 saturated heterocycles. The smallest absolute Gasteiger partial charge is 0.313 e. The predicted octanol–water partition coefficient (Wildman–Crippen LogP) is 0.903. The highest BCUT2D eigenvalue weighted by molar-refractivity contribution is 6.39. The van der Waals surface area contributed by atoms with Gasteiger partial charge in [-0.05, 0) is 37.7 Å². The minimum absolute atomic E-state index is 0.509. The Hall–Kier alpha value is -2.08. The Balaban J connectivity index is 1.89. The molecule has 1 fully saturated rings. The number of amides is 2. The first-order chi connectivity index (χ1) is 10.6. The number of nitrogens with one attached hydrogen (secondary N) is 2. The topological polar surface area (TPSA) is 64.7 Å². The Morgan fingerprint density at radius 3 is 2.27 bits per heavy atom. The lowest BCUT2D eigenvalue weighted by Crippen LogP contribution is -2.44. The van der Waals surface area contributed by atoms with E-state index >= 15 is 0 Å². The number of carbonyl (C=O) groups excluding carboxylic acids is 2. The van der Waals surface area contributed by atoms with Crippen LogP contribution < -0.4 is 15.5 Å². The number of nitrogens with zero attached hydrogens (tertiary/aromatic N) is 2. The van der Waals surface area contributed by atoms with Gasteiger partial charge in [-0.15, -0.1) is 0 Å². The van der Waals surface area contributed by atoms with E-state index in [1.807, 2.05) is 31.2 Å². The van der Waals surface area contributed by atoms with Gasteiger partial charge in [-0.2, -0.15) is 0 Å². The van der Waals surface area contributed by atoms with Gasteiger partial charge in [-0.25, -0.2) is 0 Å². The second-order valence-corrected chi connectivity index (χ2v) is 5.55. The molecule has 0 aliphatic carbocycles. The van der Waals surface area contributed by atoms with Crippen LogP contribution in [0.1, 0.15) is 13.3 Å². The van der Waals surface area contributed by atoms with Crippen molar-refractivity contribution in [3.8, 4) is 0 Å². The molecule has 120 valence electrons. The van der Waals surface area contributed by atoms with Gasteiger partial charge >= 0.3 is 11.8 Å². The summed E-state index contributed by atoms with van der Waals surface area (Å²) in [5.41, 5.74) is 1.77. The SMILES string of the molecule is CCCNC(=O)C(=O)Nc1ccc(N2CCN(C)CC2)cc1. The molecule has 0 aromatic heterocycles. The first-order valence-corrected chi connectivity index (χ1v) is 7.73. The van der Waals surface area contributed by atoms with Crippen LogP contribution in [0.4, 0.5) is 11.4 Å². The molecule has 2 rings (SSSR count). The van der Waals surface area contributed by atoms with E-state index in [1.165, 1.54) is 0 Å². The van der Waals surface area contributed by atoms with E-state index in [-0.39, 0.29) is 0 Å². The molecule has 2 N–H and O–H groups in total. The Labute approximate surface area is 131 Å². The monoisotopic (exact) mass is 304 g/mol. The maximum Gasteiger partial charge on any atom is 0.313 e. The van der Waals surface area contributed by atoms with Crippen LogP contribution in [0.2, 0.25) is 0 Å². The number of anilines is 2. The van der Waals surface area contributed by atoms with Crippen molar-refractivity contribution in [1.29, 1.82) is 0 Å². The van der Waals surface area contributed by atoms with E-state index in [4.69, 9.17) is 0 Å². The van der Waals surface area contributed by atoms with Crippen molar-refractivity contribution in [2.75, 3.05) is 50.0 Å². The number of benzene rings is 1. The molecule has 22 heavy (non-hydrogen) atoms. The molecule has 0 spiro atoms. The summed E-state index contributed by atoms with van der Waals surface area (Å²) in [6.45, 7) is 6.55. The van der Waals surface area contributed by atoms with Crippen molar-refractivity contribution in [1.82, 2.24) is 10.2 Å². The van der Waals surface area contributed by atoms with Gasteiger partial charge in [0.1, 0.15) is 0 Å². The minimum atomic E-state index is -0.624. The molecule has 0 saturated carbocycles. The summed E-state index contributed by atoms with van der Waals surface area (Å²) in [5, 5.41) is 5.17. The van der Waals surface area contributed by atoms with E-state index < -0.39 is 11.8 Å². The molecule has 0 radical (unpaired) electrons. The highest BCUT2D eigenvalue weighted by Crippen LogP contribution is 2.19. The van der Waals surface area contributed by atoms with Gasteiger partial charge in [0, 0.05) is 44.1 Å². The minimum Gasteiger partial charge on any atom is -0.369 e. The Morgan fingerprint density at radius 2 is 1.68 bits per heavy atom. The van der Waals surface area contributed by atoms with Gasteiger partial charge < -0.3 is 20.4 Å². The average molecular weight is 304 g/mol. The van der Waals surface area contributed by atoms with Gasteiger partial charge in [0.15, 0.2) is 0 Å². The van der Waals surface area contributed by atoms with E-state index in [0.717, 1.165) is 38.3 Å². The fourth-order valence-corrected chi connectivity index (χ4v) is 2.33. The van der Waals surface area contributed by atoms with Crippen molar-refractivity contribution < 1.29 is 9.59 Å². The van der Waals surface area contributed by atoms with Crippen molar-refractivity contribution in [3.05, 3.63) is 24.3 Å². The number of rotatable bonds is 4. The number of hydrogen-bond donors (Lipinski definition) is 2. The zero-order chi connectivity index (χ0) is 15.9. The second-order valence-electron chi connectivity index (χ2n) is 5.55. The average Bonchev–Trinajstić information content (AvgIpc) is 2.54. The first-order valence-electron chi connectivity index (χ1n) is 7.73. The van der Waals surface area contributed by atoms with E-state index in [9.17, 15) is 9.59 Å². The van der Waals surface area contributed by atoms with Crippen molar-refractivity contribution in [2.45, 2.75) is 13.3 Å². The van der Waals surface area contributed by atoms with Crippen LogP contribution in [-0.2, 0) is 9.59 Å². The predicted molar refractivity (Wildman–Crippen MR) is 88.1 cm³/mol. The van der Waals surface area contributed by atoms with Crippen molar-refractivity contribution in [3.63, 3.8) is 0 Å². The van der Waals surface area contributed by atoms with Gasteiger partial charge in [0.05, 0.1) is 0 Å². The summed E-state index contributed by atoms with van der Waals surface area (Å²) in [5.74, 6) is -1.22. The molecule has 1 heterocycles. The highest BCUT2D eigenvalue weighted by Gasteiger charge is 2.15. The lowest BCUT2D eigenvalue weighted by atomic mass is 10.2. The molecular weight excluding hydrogens is 280 g/mol. The fourth-order valence-electron chi connectivity index (χ4n) is 2.33. The third-order valence-corrected chi connectivity index (χ3v) is 3.74. The van der Waals surface area contributed by atoms with Crippen LogP contribution in [0.25, 0.3) is 0 Å². The summed E-state index contributed by atoms with van der Waals surface area (Å²) >= 11 is 0. The van der Waals surface area contributed by atoms with Crippen LogP contribution in [0.3, 0.4) is 0 Å². The lowest BCUT2D eigenvalue weighted by molar-refractivity contribution is -0.136. The molecule has 1 aromatic rings. The summed E-state index contributed by atoms with van der Waals surface area (Å²) in [6, 6.07) is 7.62. The Bertz CT molecular complexity index is 507. The molecule has 2 amide bonds. The van der Waals surface area contributed by atoms with Crippen LogP contribution in [0.5, 0.6) is 0 Å². The fraction of sp³-hybridized carbons (Fsp3) is 0.500. The summed E-state index contributed by atoms with van der Waals surface area (Å²) in [4.78, 5) is 27.8. The molecule has 6 nitrogen and oxygen atoms in total. The highest BCUT2D eigenvalue weighted by atomic mass is 16.2. The van der Waals surface area contributed by atoms with Crippen LogP contribution in [-0.4, -0.2) is 56.5 Å². The molecule has 0 unspecified atom stereocenters. The summed E-state index contributed by atoms with van der Waals surface area (Å²) < 4.78 is 0. The molecular formula is C16H24N4O2. The zero-order valence-electron chi connectivity index (χ0n) is 13.3. The number of likely N-dealkylation sites (N-methyl/N-ethyl adjacent to an activating group) is 1. The number of carbonyl (C=O) groups is 2. The van der Waals surface area contributed by atoms with E-state index in [1.54, 1.807) is 0 Å². The summed E-state index contributed by atoms with van der Waals surface area (Å²) in [7, 11) is 2.12. The first kappa shape index (κ1) is 16.3. The van der Waals surface area contributed by atoms with Gasteiger partial charge in [0.2, 0.25) is 0 Å². The molecule has 1 aliphatic heterocycles. The maximum atomic E-state index is 11.7. The van der Waals surface area contributed by atoms with E-state index in [2.05, 4.69) is 27.5 Å².